The average molecular weight is 440 g/mol. The summed E-state index contributed by atoms with van der Waals surface area (Å²) in [6, 6.07) is 15.3. The van der Waals surface area contributed by atoms with Crippen LogP contribution in [0.25, 0.3) is 5.69 Å². The van der Waals surface area contributed by atoms with Crippen LogP contribution in [0.3, 0.4) is 0 Å². The van der Waals surface area contributed by atoms with Gasteiger partial charge in [-0.3, -0.25) is 4.79 Å². The van der Waals surface area contributed by atoms with Crippen molar-refractivity contribution in [1.29, 1.82) is 0 Å². The molecule has 0 atom stereocenters. The fraction of sp³-hybridized carbons (Fsp3) is 0.304. The van der Waals surface area contributed by atoms with Crippen LogP contribution < -0.4 is 20.3 Å². The molecule has 31 heavy (non-hydrogen) atoms. The Bertz CT molecular complexity index is 1140. The molecule has 1 N–H and O–H groups in total. The maximum Gasteiger partial charge on any atom is 0.292 e. The zero-order valence-electron chi connectivity index (χ0n) is 16.8. The van der Waals surface area contributed by atoms with Gasteiger partial charge in [0, 0.05) is 25.2 Å². The summed E-state index contributed by atoms with van der Waals surface area (Å²) in [6.45, 7) is 2.16. The standard InChI is InChI=1S/C23H22ClN3O4/c24-21-18(13-26-27(22(21)28)17-4-2-1-3-5-17)25-14-23(8-10-29-11-9-23)16-6-7-19-20(12-16)31-15-30-19/h1-7,12-13,25H,8-11,14-15H2. The molecule has 1 fully saturated rings. The van der Waals surface area contributed by atoms with Crippen molar-refractivity contribution in [2.75, 3.05) is 31.9 Å². The summed E-state index contributed by atoms with van der Waals surface area (Å²) >= 11 is 6.44. The van der Waals surface area contributed by atoms with E-state index in [4.69, 9.17) is 25.8 Å². The van der Waals surface area contributed by atoms with Crippen molar-refractivity contribution in [2.24, 2.45) is 0 Å². The number of benzene rings is 2. The number of hydrogen-bond donors (Lipinski definition) is 1. The zero-order valence-corrected chi connectivity index (χ0v) is 17.6. The minimum atomic E-state index is -0.359. The van der Waals surface area contributed by atoms with Crippen molar-refractivity contribution in [3.8, 4) is 17.2 Å². The van der Waals surface area contributed by atoms with E-state index in [-0.39, 0.29) is 22.8 Å². The van der Waals surface area contributed by atoms with Gasteiger partial charge in [0.05, 0.1) is 17.6 Å². The van der Waals surface area contributed by atoms with E-state index in [0.717, 1.165) is 29.9 Å². The SMILES string of the molecule is O=c1c(Cl)c(NCC2(c3ccc4c(c3)OCO4)CCOCC2)cnn1-c1ccccc1. The Kier molecular flexibility index (Phi) is 5.29. The first kappa shape index (κ1) is 19.9. The first-order valence-electron chi connectivity index (χ1n) is 10.2. The first-order valence-corrected chi connectivity index (χ1v) is 10.6. The van der Waals surface area contributed by atoms with E-state index in [2.05, 4.69) is 16.5 Å². The van der Waals surface area contributed by atoms with Gasteiger partial charge in [-0.15, -0.1) is 0 Å². The van der Waals surface area contributed by atoms with Crippen LogP contribution in [0.4, 0.5) is 5.69 Å². The summed E-state index contributed by atoms with van der Waals surface area (Å²) in [5.74, 6) is 1.52. The molecule has 5 rings (SSSR count). The molecule has 0 aliphatic carbocycles. The van der Waals surface area contributed by atoms with Gasteiger partial charge >= 0.3 is 0 Å². The predicted molar refractivity (Wildman–Crippen MR) is 118 cm³/mol. The molecule has 0 bridgehead atoms. The number of para-hydroxylation sites is 1. The Hall–Kier alpha value is -3.03. The first-order chi connectivity index (χ1) is 15.2. The highest BCUT2D eigenvalue weighted by Crippen LogP contribution is 2.41. The largest absolute Gasteiger partial charge is 0.454 e. The number of rotatable bonds is 5. The van der Waals surface area contributed by atoms with E-state index in [1.807, 2.05) is 42.5 Å². The third-order valence-electron chi connectivity index (χ3n) is 5.97. The number of ether oxygens (including phenoxy) is 3. The highest BCUT2D eigenvalue weighted by Gasteiger charge is 2.36. The van der Waals surface area contributed by atoms with Gasteiger partial charge in [0.1, 0.15) is 5.02 Å². The number of anilines is 1. The van der Waals surface area contributed by atoms with Crippen LogP contribution in [0.1, 0.15) is 18.4 Å². The normalized spacial score (nSPS) is 16.8. The quantitative estimate of drug-likeness (QED) is 0.652. The van der Waals surface area contributed by atoms with Gasteiger partial charge in [-0.25, -0.2) is 0 Å². The summed E-state index contributed by atoms with van der Waals surface area (Å²) in [6.07, 6.45) is 3.28. The fourth-order valence-corrected chi connectivity index (χ4v) is 4.33. The molecule has 8 heteroatoms. The summed E-state index contributed by atoms with van der Waals surface area (Å²) in [7, 11) is 0. The molecule has 0 spiro atoms. The van der Waals surface area contributed by atoms with Crippen molar-refractivity contribution in [3.05, 3.63) is 75.7 Å². The highest BCUT2D eigenvalue weighted by molar-refractivity contribution is 6.32. The molecular formula is C23H22ClN3O4. The van der Waals surface area contributed by atoms with Gasteiger partial charge in [-0.05, 0) is 42.7 Å². The minimum absolute atomic E-state index is 0.117. The van der Waals surface area contributed by atoms with Gasteiger partial charge in [-0.1, -0.05) is 35.9 Å². The molecule has 1 saturated heterocycles. The molecule has 2 aliphatic heterocycles. The zero-order chi connectivity index (χ0) is 21.3. The molecule has 7 nitrogen and oxygen atoms in total. The van der Waals surface area contributed by atoms with Crippen LogP contribution in [0.2, 0.25) is 5.02 Å². The van der Waals surface area contributed by atoms with Gasteiger partial charge < -0.3 is 19.5 Å². The Labute approximate surface area is 184 Å². The minimum Gasteiger partial charge on any atom is -0.454 e. The molecule has 2 aromatic carbocycles. The number of halogens is 1. The van der Waals surface area contributed by atoms with Crippen LogP contribution in [0.15, 0.2) is 59.5 Å². The van der Waals surface area contributed by atoms with E-state index >= 15 is 0 Å². The van der Waals surface area contributed by atoms with Gasteiger partial charge in [0.2, 0.25) is 6.79 Å². The maximum absolute atomic E-state index is 12.8. The number of aromatic nitrogens is 2. The Morgan fingerprint density at radius 1 is 1.06 bits per heavy atom. The summed E-state index contributed by atoms with van der Waals surface area (Å²) in [5.41, 5.74) is 1.79. The van der Waals surface area contributed by atoms with Crippen LogP contribution in [0.5, 0.6) is 11.5 Å². The average Bonchev–Trinajstić information content (AvgIpc) is 3.29. The van der Waals surface area contributed by atoms with Crippen LogP contribution in [0, 0.1) is 0 Å². The number of fused-ring (bicyclic) bond motifs is 1. The second-order valence-corrected chi connectivity index (χ2v) is 8.12. The predicted octanol–water partition coefficient (Wildman–Crippen LogP) is 3.77. The van der Waals surface area contributed by atoms with Crippen LogP contribution in [-0.2, 0) is 10.2 Å². The van der Waals surface area contributed by atoms with Crippen molar-refractivity contribution in [3.63, 3.8) is 0 Å². The molecule has 160 valence electrons. The molecule has 1 aromatic heterocycles. The number of hydrogen-bond acceptors (Lipinski definition) is 6. The molecule has 0 unspecified atom stereocenters. The number of nitrogens with one attached hydrogen (secondary N) is 1. The van der Waals surface area contributed by atoms with E-state index < -0.39 is 0 Å². The smallest absolute Gasteiger partial charge is 0.292 e. The van der Waals surface area contributed by atoms with Gasteiger partial charge in [0.15, 0.2) is 11.5 Å². The lowest BCUT2D eigenvalue weighted by Crippen LogP contribution is -2.40. The monoisotopic (exact) mass is 439 g/mol. The van der Waals surface area contributed by atoms with E-state index in [1.54, 1.807) is 6.20 Å². The van der Waals surface area contributed by atoms with Crippen LogP contribution in [-0.4, -0.2) is 36.3 Å². The summed E-state index contributed by atoms with van der Waals surface area (Å²) in [5, 5.41) is 7.80. The Balaban J connectivity index is 1.43. The summed E-state index contributed by atoms with van der Waals surface area (Å²) in [4.78, 5) is 12.8. The van der Waals surface area contributed by atoms with Crippen molar-refractivity contribution in [2.45, 2.75) is 18.3 Å². The third kappa shape index (κ3) is 3.75. The van der Waals surface area contributed by atoms with E-state index in [1.165, 1.54) is 4.68 Å². The molecule has 2 aliphatic rings. The van der Waals surface area contributed by atoms with Crippen molar-refractivity contribution in [1.82, 2.24) is 9.78 Å². The van der Waals surface area contributed by atoms with E-state index in [9.17, 15) is 4.79 Å². The lowest BCUT2D eigenvalue weighted by molar-refractivity contribution is 0.0543. The molecule has 0 amide bonds. The van der Waals surface area contributed by atoms with Gasteiger partial charge in [0.25, 0.3) is 5.56 Å². The summed E-state index contributed by atoms with van der Waals surface area (Å²) < 4.78 is 18.0. The van der Waals surface area contributed by atoms with Crippen molar-refractivity contribution < 1.29 is 14.2 Å². The molecule has 0 radical (unpaired) electrons. The molecular weight excluding hydrogens is 418 g/mol. The molecule has 3 aromatic rings. The molecule has 3 heterocycles. The van der Waals surface area contributed by atoms with Gasteiger partial charge in [-0.2, -0.15) is 9.78 Å². The lowest BCUT2D eigenvalue weighted by atomic mass is 9.74. The Morgan fingerprint density at radius 2 is 1.84 bits per heavy atom. The lowest BCUT2D eigenvalue weighted by Gasteiger charge is -2.38. The second-order valence-electron chi connectivity index (χ2n) is 7.74. The number of nitrogens with zero attached hydrogens (tertiary/aromatic N) is 2. The molecule has 0 saturated carbocycles. The topological polar surface area (TPSA) is 74.6 Å². The fourth-order valence-electron chi connectivity index (χ4n) is 4.13. The maximum atomic E-state index is 12.8. The van der Waals surface area contributed by atoms with E-state index in [0.29, 0.717) is 31.1 Å². The third-order valence-corrected chi connectivity index (χ3v) is 6.34. The van der Waals surface area contributed by atoms with Crippen molar-refractivity contribution >= 4 is 17.3 Å². The second kappa shape index (κ2) is 8.24. The van der Waals surface area contributed by atoms with Crippen LogP contribution >= 0.6 is 11.6 Å². The Morgan fingerprint density at radius 3 is 2.65 bits per heavy atom. The highest BCUT2D eigenvalue weighted by atomic mass is 35.5.